The summed E-state index contributed by atoms with van der Waals surface area (Å²) in [6.45, 7) is 2.78. The highest BCUT2D eigenvalue weighted by molar-refractivity contribution is 5.80. The van der Waals surface area contributed by atoms with Crippen LogP contribution in [-0.2, 0) is 4.79 Å². The van der Waals surface area contributed by atoms with Gasteiger partial charge in [0, 0.05) is 19.5 Å². The third-order valence-corrected chi connectivity index (χ3v) is 3.30. The van der Waals surface area contributed by atoms with Crippen molar-refractivity contribution in [2.45, 2.75) is 31.8 Å². The van der Waals surface area contributed by atoms with Gasteiger partial charge in [-0.3, -0.25) is 4.79 Å². The van der Waals surface area contributed by atoms with Gasteiger partial charge in [0.25, 0.3) is 0 Å². The van der Waals surface area contributed by atoms with Crippen molar-refractivity contribution in [1.29, 1.82) is 0 Å². The fourth-order valence-electron chi connectivity index (χ4n) is 2.38. The maximum absolute atomic E-state index is 11.6. The van der Waals surface area contributed by atoms with Crippen LogP contribution in [0, 0.1) is 0 Å². The molecule has 1 amide bonds. The van der Waals surface area contributed by atoms with E-state index in [9.17, 15) is 4.79 Å². The molecule has 1 saturated heterocycles. The van der Waals surface area contributed by atoms with Gasteiger partial charge in [0.15, 0.2) is 0 Å². The quantitative estimate of drug-likeness (QED) is 0.882. The third-order valence-electron chi connectivity index (χ3n) is 3.30. The average molecular weight is 248 g/mol. The molecule has 1 aliphatic rings. The molecule has 0 aliphatic carbocycles. The first-order valence-corrected chi connectivity index (χ1v) is 6.37. The van der Waals surface area contributed by atoms with E-state index in [-0.39, 0.29) is 18.0 Å². The van der Waals surface area contributed by atoms with Crippen molar-refractivity contribution in [3.05, 3.63) is 29.8 Å². The second-order valence-corrected chi connectivity index (χ2v) is 4.74. The van der Waals surface area contributed by atoms with Gasteiger partial charge in [-0.25, -0.2) is 0 Å². The zero-order chi connectivity index (χ0) is 13.1. The molecule has 1 fully saturated rings. The van der Waals surface area contributed by atoms with E-state index in [0.29, 0.717) is 13.0 Å². The van der Waals surface area contributed by atoms with Gasteiger partial charge in [0.2, 0.25) is 5.91 Å². The number of carbonyl (C=O) groups is 1. The number of hydrogen-bond donors (Lipinski definition) is 1. The Morgan fingerprint density at radius 1 is 1.50 bits per heavy atom. The first-order valence-electron chi connectivity index (χ1n) is 6.37. The lowest BCUT2D eigenvalue weighted by Crippen LogP contribution is -2.30. The Balaban J connectivity index is 2.20. The Kier molecular flexibility index (Phi) is 3.87. The molecule has 1 aromatic rings. The first-order chi connectivity index (χ1) is 8.63. The zero-order valence-corrected chi connectivity index (χ0v) is 10.9. The second kappa shape index (κ2) is 5.40. The number of likely N-dealkylation sites (tertiary alicyclic amines) is 1. The molecule has 0 radical (unpaired) electrons. The lowest BCUT2D eigenvalue weighted by molar-refractivity contribution is -0.127. The molecule has 18 heavy (non-hydrogen) atoms. The van der Waals surface area contributed by atoms with Crippen LogP contribution in [0.2, 0.25) is 0 Å². The van der Waals surface area contributed by atoms with Crippen molar-refractivity contribution in [2.75, 3.05) is 13.7 Å². The summed E-state index contributed by atoms with van der Waals surface area (Å²) in [7, 11) is 1.80. The highest BCUT2D eigenvalue weighted by Crippen LogP contribution is 2.32. The molecule has 1 aromatic carbocycles. The van der Waals surface area contributed by atoms with Crippen LogP contribution in [0.15, 0.2) is 24.3 Å². The SMILES string of the molecule is CCCOc1cccc(C2C(N)CC(=O)N2C)c1. The van der Waals surface area contributed by atoms with Crippen molar-refractivity contribution in [3.8, 4) is 5.75 Å². The lowest BCUT2D eigenvalue weighted by atomic mass is 10.0. The van der Waals surface area contributed by atoms with Crippen molar-refractivity contribution in [2.24, 2.45) is 5.73 Å². The smallest absolute Gasteiger partial charge is 0.224 e. The average Bonchev–Trinajstić information content (AvgIpc) is 2.61. The molecule has 2 rings (SSSR count). The van der Waals surface area contributed by atoms with Crippen LogP contribution >= 0.6 is 0 Å². The van der Waals surface area contributed by atoms with E-state index in [1.54, 1.807) is 11.9 Å². The fraction of sp³-hybridized carbons (Fsp3) is 0.500. The van der Waals surface area contributed by atoms with Crippen LogP contribution in [0.4, 0.5) is 0 Å². The fourth-order valence-corrected chi connectivity index (χ4v) is 2.38. The largest absolute Gasteiger partial charge is 0.494 e. The van der Waals surface area contributed by atoms with Gasteiger partial charge in [0.1, 0.15) is 5.75 Å². The van der Waals surface area contributed by atoms with Gasteiger partial charge in [-0.2, -0.15) is 0 Å². The van der Waals surface area contributed by atoms with Gasteiger partial charge in [0.05, 0.1) is 12.6 Å². The van der Waals surface area contributed by atoms with Crippen LogP contribution in [0.5, 0.6) is 5.75 Å². The molecule has 2 atom stereocenters. The molecule has 4 nitrogen and oxygen atoms in total. The van der Waals surface area contributed by atoms with Crippen LogP contribution in [0.1, 0.15) is 31.4 Å². The van der Waals surface area contributed by atoms with Crippen molar-refractivity contribution < 1.29 is 9.53 Å². The first kappa shape index (κ1) is 12.9. The van der Waals surface area contributed by atoms with Gasteiger partial charge in [-0.05, 0) is 24.1 Å². The van der Waals surface area contributed by atoms with E-state index in [1.807, 2.05) is 24.3 Å². The number of nitrogens with zero attached hydrogens (tertiary/aromatic N) is 1. The van der Waals surface area contributed by atoms with E-state index in [1.165, 1.54) is 0 Å². The summed E-state index contributed by atoms with van der Waals surface area (Å²) < 4.78 is 5.61. The van der Waals surface area contributed by atoms with Crippen LogP contribution in [0.25, 0.3) is 0 Å². The van der Waals surface area contributed by atoms with Gasteiger partial charge in [-0.15, -0.1) is 0 Å². The summed E-state index contributed by atoms with van der Waals surface area (Å²) in [5.41, 5.74) is 7.08. The molecule has 98 valence electrons. The highest BCUT2D eigenvalue weighted by atomic mass is 16.5. The number of amides is 1. The number of carbonyl (C=O) groups excluding carboxylic acids is 1. The molecule has 2 unspecified atom stereocenters. The summed E-state index contributed by atoms with van der Waals surface area (Å²) in [6, 6.07) is 7.69. The maximum Gasteiger partial charge on any atom is 0.224 e. The normalized spacial score (nSPS) is 23.5. The van der Waals surface area contributed by atoms with Gasteiger partial charge in [-0.1, -0.05) is 19.1 Å². The molecule has 1 heterocycles. The predicted octanol–water partition coefficient (Wildman–Crippen LogP) is 1.71. The van der Waals surface area contributed by atoms with E-state index < -0.39 is 0 Å². The van der Waals surface area contributed by atoms with Gasteiger partial charge < -0.3 is 15.4 Å². The molecule has 0 aromatic heterocycles. The van der Waals surface area contributed by atoms with Gasteiger partial charge >= 0.3 is 0 Å². The Labute approximate surface area is 108 Å². The van der Waals surface area contributed by atoms with E-state index in [4.69, 9.17) is 10.5 Å². The molecule has 0 bridgehead atoms. The molecular formula is C14H20N2O2. The predicted molar refractivity (Wildman–Crippen MR) is 70.3 cm³/mol. The van der Waals surface area contributed by atoms with Crippen LogP contribution < -0.4 is 10.5 Å². The zero-order valence-electron chi connectivity index (χ0n) is 10.9. The topological polar surface area (TPSA) is 55.6 Å². The summed E-state index contributed by atoms with van der Waals surface area (Å²) in [4.78, 5) is 13.4. The number of rotatable bonds is 4. The molecular weight excluding hydrogens is 228 g/mol. The molecule has 0 spiro atoms. The van der Waals surface area contributed by atoms with E-state index >= 15 is 0 Å². The highest BCUT2D eigenvalue weighted by Gasteiger charge is 2.36. The minimum absolute atomic E-state index is 0.0392. The van der Waals surface area contributed by atoms with Crippen LogP contribution in [-0.4, -0.2) is 30.5 Å². The molecule has 1 aliphatic heterocycles. The van der Waals surface area contributed by atoms with Crippen molar-refractivity contribution in [3.63, 3.8) is 0 Å². The molecule has 4 heteroatoms. The Morgan fingerprint density at radius 3 is 2.89 bits per heavy atom. The van der Waals surface area contributed by atoms with E-state index in [0.717, 1.165) is 17.7 Å². The number of benzene rings is 1. The van der Waals surface area contributed by atoms with Crippen molar-refractivity contribution in [1.82, 2.24) is 4.90 Å². The van der Waals surface area contributed by atoms with E-state index in [2.05, 4.69) is 6.92 Å². The minimum Gasteiger partial charge on any atom is -0.494 e. The molecule has 2 N–H and O–H groups in total. The number of nitrogens with two attached hydrogens (primary N) is 1. The second-order valence-electron chi connectivity index (χ2n) is 4.74. The Morgan fingerprint density at radius 2 is 2.28 bits per heavy atom. The van der Waals surface area contributed by atoms with Crippen molar-refractivity contribution >= 4 is 5.91 Å². The number of ether oxygens (including phenoxy) is 1. The number of likely N-dealkylation sites (N-methyl/N-ethyl adjacent to an activating group) is 1. The summed E-state index contributed by atoms with van der Waals surface area (Å²) in [6.07, 6.45) is 1.40. The summed E-state index contributed by atoms with van der Waals surface area (Å²) in [5, 5.41) is 0. The van der Waals surface area contributed by atoms with Crippen LogP contribution in [0.3, 0.4) is 0 Å². The lowest BCUT2D eigenvalue weighted by Gasteiger charge is -2.23. The number of hydrogen-bond acceptors (Lipinski definition) is 3. The maximum atomic E-state index is 11.6. The minimum atomic E-state index is -0.135. The standard InChI is InChI=1S/C14H20N2O2/c1-3-7-18-11-6-4-5-10(8-11)14-12(15)9-13(17)16(14)2/h4-6,8,12,14H,3,7,9,15H2,1-2H3. The summed E-state index contributed by atoms with van der Waals surface area (Å²) >= 11 is 0. The third kappa shape index (κ3) is 2.48. The molecule has 0 saturated carbocycles. The Bertz CT molecular complexity index is 434. The Hall–Kier alpha value is -1.55. The summed E-state index contributed by atoms with van der Waals surface area (Å²) in [5.74, 6) is 0.946. The monoisotopic (exact) mass is 248 g/mol.